The van der Waals surface area contributed by atoms with E-state index in [9.17, 15) is 18.0 Å². The van der Waals surface area contributed by atoms with E-state index in [1.165, 1.54) is 30.2 Å². The van der Waals surface area contributed by atoms with Crippen molar-refractivity contribution >= 4 is 50.7 Å². The van der Waals surface area contributed by atoms with Gasteiger partial charge in [0.2, 0.25) is 21.8 Å². The van der Waals surface area contributed by atoms with Crippen LogP contribution in [0.25, 0.3) is 0 Å². The van der Waals surface area contributed by atoms with Crippen LogP contribution in [0.5, 0.6) is 5.75 Å². The van der Waals surface area contributed by atoms with E-state index in [0.717, 1.165) is 16.1 Å². The Morgan fingerprint density at radius 3 is 2.20 bits per heavy atom. The maximum absolute atomic E-state index is 14.1. The zero-order chi connectivity index (χ0) is 30.2. The summed E-state index contributed by atoms with van der Waals surface area (Å²) in [6.07, 6.45) is 1.22. The number of hydrogen-bond acceptors (Lipinski definition) is 5. The van der Waals surface area contributed by atoms with Crippen LogP contribution in [0.4, 0.5) is 5.69 Å². The molecule has 0 aliphatic rings. The molecule has 0 saturated heterocycles. The van der Waals surface area contributed by atoms with Gasteiger partial charge in [0, 0.05) is 24.5 Å². The van der Waals surface area contributed by atoms with Crippen molar-refractivity contribution in [2.75, 3.05) is 30.8 Å². The summed E-state index contributed by atoms with van der Waals surface area (Å²) in [5.74, 6) is -0.380. The molecule has 1 N–H and O–H groups in total. The van der Waals surface area contributed by atoms with Gasteiger partial charge in [0.15, 0.2) is 0 Å². The van der Waals surface area contributed by atoms with Crippen molar-refractivity contribution in [3.8, 4) is 5.75 Å². The van der Waals surface area contributed by atoms with E-state index in [-0.39, 0.29) is 35.5 Å². The van der Waals surface area contributed by atoms with Crippen LogP contribution in [0.3, 0.4) is 0 Å². The summed E-state index contributed by atoms with van der Waals surface area (Å²) in [4.78, 5) is 29.1. The number of halogens is 2. The van der Waals surface area contributed by atoms with Crippen LogP contribution in [-0.4, -0.2) is 57.6 Å². The zero-order valence-corrected chi connectivity index (χ0v) is 25.8. The molecule has 0 saturated carbocycles. The van der Waals surface area contributed by atoms with Gasteiger partial charge in [-0.1, -0.05) is 85.6 Å². The Kier molecular flexibility index (Phi) is 11.5. The average molecular weight is 621 g/mol. The van der Waals surface area contributed by atoms with Gasteiger partial charge >= 0.3 is 0 Å². The van der Waals surface area contributed by atoms with Crippen molar-refractivity contribution in [2.45, 2.75) is 32.9 Å². The van der Waals surface area contributed by atoms with Gasteiger partial charge < -0.3 is 15.0 Å². The van der Waals surface area contributed by atoms with Crippen molar-refractivity contribution < 1.29 is 22.7 Å². The lowest BCUT2D eigenvalue weighted by molar-refractivity contribution is -0.140. The van der Waals surface area contributed by atoms with Gasteiger partial charge in [-0.15, -0.1) is 0 Å². The Morgan fingerprint density at radius 1 is 0.951 bits per heavy atom. The molecule has 220 valence electrons. The minimum Gasteiger partial charge on any atom is -0.495 e. The second kappa shape index (κ2) is 14.6. The highest BCUT2D eigenvalue weighted by Gasteiger charge is 2.33. The molecule has 3 rings (SSSR count). The minimum atomic E-state index is -3.93. The van der Waals surface area contributed by atoms with Crippen LogP contribution < -0.4 is 14.4 Å². The van der Waals surface area contributed by atoms with Crippen molar-refractivity contribution in [3.05, 3.63) is 94.0 Å². The van der Waals surface area contributed by atoms with E-state index in [0.29, 0.717) is 22.9 Å². The molecule has 0 aromatic heterocycles. The molecular formula is C30H35Cl2N3O5S. The van der Waals surface area contributed by atoms with Gasteiger partial charge in [0.05, 0.1) is 24.1 Å². The van der Waals surface area contributed by atoms with Gasteiger partial charge in [0.1, 0.15) is 18.3 Å². The predicted molar refractivity (Wildman–Crippen MR) is 164 cm³/mol. The molecule has 0 bridgehead atoms. The number of anilines is 1. The third-order valence-corrected chi connectivity index (χ3v) is 8.16. The molecular weight excluding hydrogens is 585 g/mol. The Bertz CT molecular complexity index is 1450. The van der Waals surface area contributed by atoms with Crippen LogP contribution in [-0.2, 0) is 32.6 Å². The first kappa shape index (κ1) is 32.2. The molecule has 3 aromatic rings. The van der Waals surface area contributed by atoms with Crippen LogP contribution in [0.2, 0.25) is 10.0 Å². The standard InChI is InChI=1S/C30H35Cl2N3O5S/c1-21(2)18-33-30(37)27(16-22-10-6-5-7-11-22)34(19-23-12-8-9-13-25(23)31)29(36)20-35(41(4,38)39)24-14-15-28(40-3)26(32)17-24/h5-15,17,21,27H,16,18-20H2,1-4H3,(H,33,37). The van der Waals surface area contributed by atoms with Crippen LogP contribution >= 0.6 is 23.2 Å². The first-order chi connectivity index (χ1) is 19.4. The van der Waals surface area contributed by atoms with Crippen molar-refractivity contribution in [3.63, 3.8) is 0 Å². The van der Waals surface area contributed by atoms with Gasteiger partial charge in [-0.25, -0.2) is 8.42 Å². The molecule has 8 nitrogen and oxygen atoms in total. The fourth-order valence-corrected chi connectivity index (χ4v) is 5.50. The molecule has 1 unspecified atom stereocenters. The molecule has 11 heteroatoms. The number of hydrogen-bond donors (Lipinski definition) is 1. The Morgan fingerprint density at radius 2 is 1.61 bits per heavy atom. The number of benzene rings is 3. The monoisotopic (exact) mass is 619 g/mol. The van der Waals surface area contributed by atoms with Crippen LogP contribution in [0, 0.1) is 5.92 Å². The summed E-state index contributed by atoms with van der Waals surface area (Å²) in [5, 5.41) is 3.56. The highest BCUT2D eigenvalue weighted by Crippen LogP contribution is 2.30. The van der Waals surface area contributed by atoms with Crippen molar-refractivity contribution in [1.82, 2.24) is 10.2 Å². The van der Waals surface area contributed by atoms with Gasteiger partial charge in [-0.05, 0) is 41.3 Å². The summed E-state index contributed by atoms with van der Waals surface area (Å²) >= 11 is 12.7. The number of rotatable bonds is 13. The fraction of sp³-hybridized carbons (Fsp3) is 0.333. The Hall–Kier alpha value is -3.27. The highest BCUT2D eigenvalue weighted by molar-refractivity contribution is 7.92. The molecule has 2 amide bonds. The molecule has 0 aliphatic heterocycles. The van der Waals surface area contributed by atoms with E-state index in [4.69, 9.17) is 27.9 Å². The van der Waals surface area contributed by atoms with E-state index < -0.39 is 28.5 Å². The van der Waals surface area contributed by atoms with Gasteiger partial charge in [-0.2, -0.15) is 0 Å². The molecule has 0 fully saturated rings. The molecule has 41 heavy (non-hydrogen) atoms. The third kappa shape index (κ3) is 9.11. The van der Waals surface area contributed by atoms with Crippen LogP contribution in [0.15, 0.2) is 72.8 Å². The number of carbonyl (C=O) groups is 2. The maximum Gasteiger partial charge on any atom is 0.244 e. The number of nitrogens with zero attached hydrogens (tertiary/aromatic N) is 2. The summed E-state index contributed by atoms with van der Waals surface area (Å²) < 4.78 is 32.0. The van der Waals surface area contributed by atoms with Crippen LogP contribution in [0.1, 0.15) is 25.0 Å². The normalized spacial score (nSPS) is 12.1. The topological polar surface area (TPSA) is 96.0 Å². The number of nitrogens with one attached hydrogen (secondary N) is 1. The number of sulfonamides is 1. The second-order valence-electron chi connectivity index (χ2n) is 10.0. The van der Waals surface area contributed by atoms with Gasteiger partial charge in [0.25, 0.3) is 0 Å². The average Bonchev–Trinajstić information content (AvgIpc) is 2.93. The fourth-order valence-electron chi connectivity index (χ4n) is 4.21. The first-order valence-electron chi connectivity index (χ1n) is 13.1. The Labute approximate surface area is 252 Å². The molecule has 3 aromatic carbocycles. The minimum absolute atomic E-state index is 0.00786. The van der Waals surface area contributed by atoms with E-state index >= 15 is 0 Å². The summed E-state index contributed by atoms with van der Waals surface area (Å²) in [7, 11) is -2.48. The van der Waals surface area contributed by atoms with Crippen molar-refractivity contribution in [1.29, 1.82) is 0 Å². The lowest BCUT2D eigenvalue weighted by atomic mass is 10.0. The SMILES string of the molecule is COc1ccc(N(CC(=O)N(Cc2ccccc2Cl)C(Cc2ccccc2)C(=O)NCC(C)C)S(C)(=O)=O)cc1Cl. The predicted octanol–water partition coefficient (Wildman–Crippen LogP) is 5.18. The number of ether oxygens (including phenoxy) is 1. The quantitative estimate of drug-likeness (QED) is 0.284. The summed E-state index contributed by atoms with van der Waals surface area (Å²) in [5.41, 5.74) is 1.65. The highest BCUT2D eigenvalue weighted by atomic mass is 35.5. The number of carbonyl (C=O) groups excluding carboxylic acids is 2. The van der Waals surface area contributed by atoms with Gasteiger partial charge in [-0.3, -0.25) is 13.9 Å². The summed E-state index contributed by atoms with van der Waals surface area (Å²) in [6, 6.07) is 19.9. The lowest BCUT2D eigenvalue weighted by Gasteiger charge is -2.34. The smallest absolute Gasteiger partial charge is 0.244 e. The van der Waals surface area contributed by atoms with E-state index in [2.05, 4.69) is 5.32 Å². The summed E-state index contributed by atoms with van der Waals surface area (Å²) in [6.45, 7) is 3.80. The molecule has 0 heterocycles. The maximum atomic E-state index is 14.1. The first-order valence-corrected chi connectivity index (χ1v) is 15.7. The Balaban J connectivity index is 2.07. The molecule has 0 radical (unpaired) electrons. The number of amides is 2. The van der Waals surface area contributed by atoms with E-state index in [1.54, 1.807) is 24.3 Å². The zero-order valence-electron chi connectivity index (χ0n) is 23.5. The largest absolute Gasteiger partial charge is 0.495 e. The van der Waals surface area contributed by atoms with E-state index in [1.807, 2.05) is 44.2 Å². The second-order valence-corrected chi connectivity index (χ2v) is 12.8. The third-order valence-electron chi connectivity index (χ3n) is 6.36. The van der Waals surface area contributed by atoms with Crippen molar-refractivity contribution in [2.24, 2.45) is 5.92 Å². The number of methoxy groups -OCH3 is 1. The molecule has 0 spiro atoms. The molecule has 1 atom stereocenters. The molecule has 0 aliphatic carbocycles. The lowest BCUT2D eigenvalue weighted by Crippen LogP contribution is -2.53.